The van der Waals surface area contributed by atoms with Crippen molar-refractivity contribution in [3.05, 3.63) is 28.8 Å². The molecule has 0 radical (unpaired) electrons. The standard InChI is InChI=1S/C24H35ClN4O3/c25-21-2-1-19(28-6-5-27-4-3-26)10-20(21)23(32)29(14-22(30)31)15-24-11-16-7-17(12-24)9-18(8-16)13-24/h1-2,10,16-18,27-28H,3-9,11-15,26H2,(H,30,31). The van der Waals surface area contributed by atoms with Crippen molar-refractivity contribution < 1.29 is 14.7 Å². The summed E-state index contributed by atoms with van der Waals surface area (Å²) in [6.45, 7) is 2.99. The van der Waals surface area contributed by atoms with Crippen molar-refractivity contribution >= 4 is 29.2 Å². The van der Waals surface area contributed by atoms with Gasteiger partial charge in [-0.1, -0.05) is 11.6 Å². The number of carboxylic acid groups (broad SMARTS) is 1. The third-order valence-corrected chi connectivity index (χ3v) is 7.78. The predicted molar refractivity (Wildman–Crippen MR) is 126 cm³/mol. The van der Waals surface area contributed by atoms with Gasteiger partial charge in [0.25, 0.3) is 5.91 Å². The number of benzene rings is 1. The number of nitrogens with two attached hydrogens (primary N) is 1. The molecule has 176 valence electrons. The fraction of sp³-hybridized carbons (Fsp3) is 0.667. The van der Waals surface area contributed by atoms with Gasteiger partial charge < -0.3 is 26.4 Å². The van der Waals surface area contributed by atoms with Crippen molar-refractivity contribution in [1.82, 2.24) is 10.2 Å². The van der Waals surface area contributed by atoms with Gasteiger partial charge in [0.05, 0.1) is 10.6 Å². The molecule has 0 unspecified atom stereocenters. The van der Waals surface area contributed by atoms with E-state index in [1.165, 1.54) is 24.2 Å². The molecule has 4 aliphatic carbocycles. The molecule has 0 spiro atoms. The summed E-state index contributed by atoms with van der Waals surface area (Å²) in [5.74, 6) is 0.948. The van der Waals surface area contributed by atoms with Crippen molar-refractivity contribution in [2.45, 2.75) is 38.5 Å². The number of anilines is 1. The van der Waals surface area contributed by atoms with E-state index >= 15 is 0 Å². The van der Waals surface area contributed by atoms with Gasteiger partial charge in [-0.05, 0) is 79.9 Å². The highest BCUT2D eigenvalue weighted by Crippen LogP contribution is 2.60. The van der Waals surface area contributed by atoms with Crippen LogP contribution in [0.15, 0.2) is 18.2 Å². The van der Waals surface area contributed by atoms with E-state index in [2.05, 4.69) is 10.6 Å². The summed E-state index contributed by atoms with van der Waals surface area (Å²) in [5.41, 5.74) is 6.69. The van der Waals surface area contributed by atoms with Crippen LogP contribution in [0.4, 0.5) is 5.69 Å². The third-order valence-electron chi connectivity index (χ3n) is 7.45. The number of carboxylic acids is 1. The number of amides is 1. The Morgan fingerprint density at radius 3 is 2.34 bits per heavy atom. The minimum Gasteiger partial charge on any atom is -0.480 e. The number of nitrogens with zero attached hydrogens (tertiary/aromatic N) is 1. The maximum atomic E-state index is 13.5. The number of carbonyl (C=O) groups excluding carboxylic acids is 1. The number of halogens is 1. The first-order valence-corrected chi connectivity index (χ1v) is 12.2. The van der Waals surface area contributed by atoms with E-state index in [0.29, 0.717) is 30.2 Å². The van der Waals surface area contributed by atoms with Gasteiger partial charge in [-0.25, -0.2) is 0 Å². The van der Waals surface area contributed by atoms with Gasteiger partial charge >= 0.3 is 5.97 Å². The van der Waals surface area contributed by atoms with Crippen LogP contribution in [0, 0.1) is 23.2 Å². The SMILES string of the molecule is NCCNCCNc1ccc(Cl)c(C(=O)N(CC(=O)O)CC23CC4CC(CC(C4)C2)C3)c1. The number of hydrogen-bond donors (Lipinski definition) is 4. The van der Waals surface area contributed by atoms with E-state index in [-0.39, 0.29) is 17.9 Å². The normalized spacial score (nSPS) is 28.0. The van der Waals surface area contributed by atoms with E-state index in [4.69, 9.17) is 17.3 Å². The zero-order valence-electron chi connectivity index (χ0n) is 18.6. The molecule has 8 heteroatoms. The molecule has 5 rings (SSSR count). The second-order valence-corrected chi connectivity index (χ2v) is 10.5. The Kier molecular flexibility index (Phi) is 7.27. The molecule has 0 heterocycles. The van der Waals surface area contributed by atoms with Gasteiger partial charge in [-0.15, -0.1) is 0 Å². The first-order valence-electron chi connectivity index (χ1n) is 11.8. The maximum Gasteiger partial charge on any atom is 0.323 e. The predicted octanol–water partition coefficient (Wildman–Crippen LogP) is 3.04. The van der Waals surface area contributed by atoms with Crippen LogP contribution >= 0.6 is 11.6 Å². The molecular weight excluding hydrogens is 428 g/mol. The minimum atomic E-state index is -0.987. The maximum absolute atomic E-state index is 13.5. The van der Waals surface area contributed by atoms with Gasteiger partial charge in [-0.2, -0.15) is 0 Å². The molecular formula is C24H35ClN4O3. The number of aliphatic carboxylic acids is 1. The van der Waals surface area contributed by atoms with E-state index in [1.807, 2.05) is 6.07 Å². The molecule has 1 aromatic carbocycles. The highest BCUT2D eigenvalue weighted by molar-refractivity contribution is 6.34. The van der Waals surface area contributed by atoms with Crippen molar-refractivity contribution in [1.29, 1.82) is 0 Å². The molecule has 1 aromatic rings. The number of rotatable bonds is 11. The van der Waals surface area contributed by atoms with E-state index in [1.54, 1.807) is 12.1 Å². The lowest BCUT2D eigenvalue weighted by molar-refractivity contribution is -0.138. The van der Waals surface area contributed by atoms with Crippen LogP contribution in [0.25, 0.3) is 0 Å². The van der Waals surface area contributed by atoms with Crippen LogP contribution in [0.5, 0.6) is 0 Å². The van der Waals surface area contributed by atoms with Gasteiger partial charge in [-0.3, -0.25) is 9.59 Å². The van der Waals surface area contributed by atoms with Crippen LogP contribution in [0.2, 0.25) is 5.02 Å². The Morgan fingerprint density at radius 2 is 1.75 bits per heavy atom. The van der Waals surface area contributed by atoms with Crippen LogP contribution in [-0.4, -0.2) is 61.2 Å². The third kappa shape index (κ3) is 5.38. The average molecular weight is 463 g/mol. The van der Waals surface area contributed by atoms with Gasteiger partial charge in [0.2, 0.25) is 0 Å². The molecule has 0 aliphatic heterocycles. The highest BCUT2D eigenvalue weighted by Gasteiger charge is 2.51. The first-order chi connectivity index (χ1) is 15.4. The zero-order chi connectivity index (χ0) is 22.7. The lowest BCUT2D eigenvalue weighted by Crippen LogP contribution is -2.53. The summed E-state index contributed by atoms with van der Waals surface area (Å²) in [6.07, 6.45) is 7.29. The zero-order valence-corrected chi connectivity index (χ0v) is 19.4. The molecule has 4 fully saturated rings. The number of carbonyl (C=O) groups is 2. The summed E-state index contributed by atoms with van der Waals surface area (Å²) in [7, 11) is 0. The van der Waals surface area contributed by atoms with Crippen LogP contribution < -0.4 is 16.4 Å². The second-order valence-electron chi connectivity index (χ2n) is 10.1. The Balaban J connectivity index is 1.48. The fourth-order valence-electron chi connectivity index (χ4n) is 6.74. The van der Waals surface area contributed by atoms with Gasteiger partial charge in [0.15, 0.2) is 0 Å². The van der Waals surface area contributed by atoms with E-state index < -0.39 is 5.97 Å². The Morgan fingerprint density at radius 1 is 1.09 bits per heavy atom. The summed E-state index contributed by atoms with van der Waals surface area (Å²) in [4.78, 5) is 26.7. The van der Waals surface area contributed by atoms with Crippen LogP contribution in [-0.2, 0) is 4.79 Å². The Bertz CT molecular complexity index is 811. The number of hydrogen-bond acceptors (Lipinski definition) is 5. The molecule has 7 nitrogen and oxygen atoms in total. The summed E-state index contributed by atoms with van der Waals surface area (Å²) in [5, 5.41) is 16.4. The van der Waals surface area contributed by atoms with E-state index in [0.717, 1.165) is 55.8 Å². The summed E-state index contributed by atoms with van der Waals surface area (Å²) < 4.78 is 0. The monoisotopic (exact) mass is 462 g/mol. The average Bonchev–Trinajstić information content (AvgIpc) is 2.72. The number of nitrogens with one attached hydrogen (secondary N) is 2. The Hall–Kier alpha value is -1.83. The smallest absolute Gasteiger partial charge is 0.323 e. The molecule has 0 saturated heterocycles. The highest BCUT2D eigenvalue weighted by atomic mass is 35.5. The molecule has 4 saturated carbocycles. The van der Waals surface area contributed by atoms with Gasteiger partial charge in [0.1, 0.15) is 6.54 Å². The molecule has 0 aromatic heterocycles. The summed E-state index contributed by atoms with van der Waals surface area (Å²) in [6, 6.07) is 5.28. The second kappa shape index (κ2) is 9.98. The van der Waals surface area contributed by atoms with Crippen molar-refractivity contribution in [3.8, 4) is 0 Å². The lowest BCUT2D eigenvalue weighted by atomic mass is 9.49. The molecule has 5 N–H and O–H groups in total. The van der Waals surface area contributed by atoms with Crippen molar-refractivity contribution in [3.63, 3.8) is 0 Å². The van der Waals surface area contributed by atoms with E-state index in [9.17, 15) is 14.7 Å². The summed E-state index contributed by atoms with van der Waals surface area (Å²) >= 11 is 6.40. The molecule has 1 amide bonds. The fourth-order valence-corrected chi connectivity index (χ4v) is 6.94. The van der Waals surface area contributed by atoms with Crippen LogP contribution in [0.1, 0.15) is 48.9 Å². The van der Waals surface area contributed by atoms with Crippen LogP contribution in [0.3, 0.4) is 0 Å². The quantitative estimate of drug-likeness (QED) is 0.376. The Labute approximate surface area is 195 Å². The van der Waals surface area contributed by atoms with Gasteiger partial charge in [0, 0.05) is 38.4 Å². The molecule has 4 bridgehead atoms. The molecule has 32 heavy (non-hydrogen) atoms. The molecule has 4 aliphatic rings. The largest absolute Gasteiger partial charge is 0.480 e. The lowest BCUT2D eigenvalue weighted by Gasteiger charge is -2.57. The first kappa shape index (κ1) is 23.3. The van der Waals surface area contributed by atoms with Crippen molar-refractivity contribution in [2.24, 2.45) is 28.9 Å². The molecule has 0 atom stereocenters. The topological polar surface area (TPSA) is 108 Å². The van der Waals surface area contributed by atoms with Crippen molar-refractivity contribution in [2.75, 3.05) is 44.6 Å². The minimum absolute atomic E-state index is 0.0663.